The lowest BCUT2D eigenvalue weighted by Gasteiger charge is -2.18. The van der Waals surface area contributed by atoms with E-state index in [1.807, 2.05) is 25.1 Å². The van der Waals surface area contributed by atoms with Crippen molar-refractivity contribution in [3.8, 4) is 11.5 Å². The third-order valence-electron chi connectivity index (χ3n) is 5.24. The molecule has 3 amide bonds. The number of carbonyl (C=O) groups excluding carboxylic acids is 3. The van der Waals surface area contributed by atoms with Crippen LogP contribution in [0.15, 0.2) is 66.7 Å². The third-order valence-corrected chi connectivity index (χ3v) is 5.24. The van der Waals surface area contributed by atoms with Crippen LogP contribution in [0.25, 0.3) is 0 Å². The smallest absolute Gasteiger partial charge is 0.323 e. The predicted octanol–water partition coefficient (Wildman–Crippen LogP) is 5.01. The van der Waals surface area contributed by atoms with Crippen molar-refractivity contribution in [3.05, 3.63) is 77.9 Å². The second-order valence-electron chi connectivity index (χ2n) is 7.80. The van der Waals surface area contributed by atoms with Gasteiger partial charge in [0.25, 0.3) is 0 Å². The lowest BCUT2D eigenvalue weighted by Crippen LogP contribution is -2.20. The molecule has 0 radical (unpaired) electrons. The number of urea groups is 1. The molecule has 3 N–H and O–H groups in total. The van der Waals surface area contributed by atoms with Gasteiger partial charge in [-0.15, -0.1) is 0 Å². The van der Waals surface area contributed by atoms with E-state index in [2.05, 4.69) is 16.0 Å². The van der Waals surface area contributed by atoms with Gasteiger partial charge in [-0.1, -0.05) is 24.3 Å². The molecule has 174 valence electrons. The van der Waals surface area contributed by atoms with Crippen LogP contribution < -0.4 is 25.4 Å². The lowest BCUT2D eigenvalue weighted by molar-refractivity contribution is -0.116. The molecule has 0 bridgehead atoms. The number of hydrogen-bond donors (Lipinski definition) is 3. The second kappa shape index (κ2) is 10.5. The molecule has 0 aromatic heterocycles. The number of amides is 3. The van der Waals surface area contributed by atoms with Crippen molar-refractivity contribution in [2.75, 3.05) is 29.2 Å². The minimum atomic E-state index is -0.391. The first-order valence-electron chi connectivity index (χ1n) is 10.9. The molecule has 0 unspecified atom stereocenters. The van der Waals surface area contributed by atoms with Gasteiger partial charge in [-0.25, -0.2) is 4.79 Å². The quantitative estimate of drug-likeness (QED) is 0.431. The van der Waals surface area contributed by atoms with Crippen molar-refractivity contribution in [2.24, 2.45) is 0 Å². The molecule has 34 heavy (non-hydrogen) atoms. The number of fused-ring (bicyclic) bond motifs is 1. The summed E-state index contributed by atoms with van der Waals surface area (Å²) in [6, 6.07) is 19.0. The highest BCUT2D eigenvalue weighted by atomic mass is 16.6. The number of Topliss-reactive ketones (excluding diaryl/α,β-unsaturated/α-hetero) is 1. The predicted molar refractivity (Wildman–Crippen MR) is 130 cm³/mol. The van der Waals surface area contributed by atoms with Crippen LogP contribution in [0.5, 0.6) is 11.5 Å². The van der Waals surface area contributed by atoms with E-state index in [9.17, 15) is 14.4 Å². The molecule has 3 aromatic rings. The van der Waals surface area contributed by atoms with Crippen molar-refractivity contribution in [1.82, 2.24) is 0 Å². The fourth-order valence-corrected chi connectivity index (χ4v) is 3.45. The van der Waals surface area contributed by atoms with Crippen LogP contribution >= 0.6 is 0 Å². The summed E-state index contributed by atoms with van der Waals surface area (Å²) in [5.41, 5.74) is 3.07. The molecule has 0 saturated carbocycles. The largest absolute Gasteiger partial charge is 0.486 e. The van der Waals surface area contributed by atoms with Gasteiger partial charge in [-0.3, -0.25) is 9.59 Å². The van der Waals surface area contributed by atoms with Crippen molar-refractivity contribution in [2.45, 2.75) is 19.8 Å². The maximum atomic E-state index is 12.5. The second-order valence-corrected chi connectivity index (χ2v) is 7.80. The number of anilines is 3. The number of aryl methyl sites for hydroxylation is 1. The summed E-state index contributed by atoms with van der Waals surface area (Å²) >= 11 is 0. The van der Waals surface area contributed by atoms with Gasteiger partial charge in [0.1, 0.15) is 13.2 Å². The average molecular weight is 460 g/mol. The summed E-state index contributed by atoms with van der Waals surface area (Å²) in [6.07, 6.45) is 0.0841. The van der Waals surface area contributed by atoms with Gasteiger partial charge in [-0.05, 0) is 55.0 Å². The number of carbonyl (C=O) groups is 3. The Morgan fingerprint density at radius 2 is 1.50 bits per heavy atom. The molecular weight excluding hydrogens is 434 g/mol. The zero-order valence-corrected chi connectivity index (χ0v) is 18.7. The van der Waals surface area contributed by atoms with Gasteiger partial charge >= 0.3 is 6.03 Å². The lowest BCUT2D eigenvalue weighted by atomic mass is 10.1. The summed E-state index contributed by atoms with van der Waals surface area (Å²) in [5.74, 6) is 0.705. The molecule has 3 aromatic carbocycles. The highest BCUT2D eigenvalue weighted by Crippen LogP contribution is 2.31. The van der Waals surface area contributed by atoms with E-state index in [0.717, 1.165) is 5.56 Å². The maximum absolute atomic E-state index is 12.5. The summed E-state index contributed by atoms with van der Waals surface area (Å²) in [4.78, 5) is 37.3. The van der Waals surface area contributed by atoms with Crippen LogP contribution in [0, 0.1) is 6.92 Å². The topological polar surface area (TPSA) is 106 Å². The fraction of sp³-hybridized carbons (Fsp3) is 0.192. The van der Waals surface area contributed by atoms with E-state index >= 15 is 0 Å². The van der Waals surface area contributed by atoms with Crippen molar-refractivity contribution in [1.29, 1.82) is 0 Å². The Morgan fingerprint density at radius 1 is 0.765 bits per heavy atom. The Balaban J connectivity index is 1.31. The van der Waals surface area contributed by atoms with Crippen LogP contribution in [0.2, 0.25) is 0 Å². The van der Waals surface area contributed by atoms with Crippen molar-refractivity contribution >= 4 is 34.8 Å². The SMILES string of the molecule is Cc1ccc(NC(=O)Nc2ccccc2)cc1NC(=O)CCC(=O)c1ccc2c(c1)OCCO2. The fourth-order valence-electron chi connectivity index (χ4n) is 3.45. The summed E-state index contributed by atoms with van der Waals surface area (Å²) in [7, 11) is 0. The minimum absolute atomic E-state index is 0.0267. The number of ketones is 1. The first-order chi connectivity index (χ1) is 16.5. The van der Waals surface area contributed by atoms with Crippen LogP contribution in [0.3, 0.4) is 0 Å². The van der Waals surface area contributed by atoms with E-state index in [-0.39, 0.29) is 24.5 Å². The molecule has 0 spiro atoms. The molecule has 4 rings (SSSR count). The van der Waals surface area contributed by atoms with Crippen LogP contribution in [-0.2, 0) is 4.79 Å². The van der Waals surface area contributed by atoms with Gasteiger partial charge in [0, 0.05) is 35.5 Å². The molecule has 1 aliphatic rings. The van der Waals surface area contributed by atoms with Crippen LogP contribution in [-0.4, -0.2) is 30.9 Å². The van der Waals surface area contributed by atoms with Crippen molar-refractivity contribution in [3.63, 3.8) is 0 Å². The van der Waals surface area contributed by atoms with Crippen LogP contribution in [0.1, 0.15) is 28.8 Å². The summed E-state index contributed by atoms with van der Waals surface area (Å²) in [6.45, 7) is 2.77. The highest BCUT2D eigenvalue weighted by Gasteiger charge is 2.16. The first-order valence-corrected chi connectivity index (χ1v) is 10.9. The Kier molecular flexibility index (Phi) is 7.07. The third kappa shape index (κ3) is 5.92. The standard InChI is InChI=1S/C26H25N3O5/c1-17-7-9-20(28-26(32)27-19-5-3-2-4-6-19)16-21(17)29-25(31)12-10-22(30)18-8-11-23-24(15-18)34-14-13-33-23/h2-9,11,15-16H,10,12-14H2,1H3,(H,29,31)(H2,27,28,32). The highest BCUT2D eigenvalue weighted by molar-refractivity contribution is 6.02. The number of hydrogen-bond acceptors (Lipinski definition) is 5. The van der Waals surface area contributed by atoms with Gasteiger partial charge in [0.2, 0.25) is 5.91 Å². The summed E-state index contributed by atoms with van der Waals surface area (Å²) < 4.78 is 11.0. The molecule has 8 nitrogen and oxygen atoms in total. The average Bonchev–Trinajstić information content (AvgIpc) is 2.85. The molecule has 1 aliphatic heterocycles. The Morgan fingerprint density at radius 3 is 2.29 bits per heavy atom. The van der Waals surface area contributed by atoms with Gasteiger partial charge in [0.05, 0.1) is 0 Å². The van der Waals surface area contributed by atoms with Crippen molar-refractivity contribution < 1.29 is 23.9 Å². The maximum Gasteiger partial charge on any atom is 0.323 e. The van der Waals surface area contributed by atoms with E-state index in [1.54, 1.807) is 48.5 Å². The zero-order valence-electron chi connectivity index (χ0n) is 18.7. The van der Waals surface area contributed by atoms with Gasteiger partial charge in [0.15, 0.2) is 17.3 Å². The molecule has 0 fully saturated rings. The monoisotopic (exact) mass is 459 g/mol. The van der Waals surface area contributed by atoms with E-state index in [4.69, 9.17) is 9.47 Å². The minimum Gasteiger partial charge on any atom is -0.486 e. The molecule has 0 atom stereocenters. The molecule has 1 heterocycles. The number of para-hydroxylation sites is 1. The molecule has 8 heteroatoms. The van der Waals surface area contributed by atoms with Crippen LogP contribution in [0.4, 0.5) is 21.9 Å². The number of nitrogens with one attached hydrogen (secondary N) is 3. The molecule has 0 saturated heterocycles. The van der Waals surface area contributed by atoms with E-state index in [1.165, 1.54) is 0 Å². The Bertz CT molecular complexity index is 1210. The van der Waals surface area contributed by atoms with E-state index in [0.29, 0.717) is 47.3 Å². The van der Waals surface area contributed by atoms with Gasteiger partial charge < -0.3 is 25.4 Å². The number of rotatable bonds is 7. The van der Waals surface area contributed by atoms with Gasteiger partial charge in [-0.2, -0.15) is 0 Å². The normalized spacial score (nSPS) is 11.9. The zero-order chi connectivity index (χ0) is 23.9. The molecular formula is C26H25N3O5. The Hall–Kier alpha value is -4.33. The summed E-state index contributed by atoms with van der Waals surface area (Å²) in [5, 5.41) is 8.31. The number of ether oxygens (including phenoxy) is 2. The first kappa shape index (κ1) is 22.8. The number of benzene rings is 3. The van der Waals surface area contributed by atoms with E-state index < -0.39 is 6.03 Å². The Labute approximate surface area is 197 Å². The molecule has 0 aliphatic carbocycles.